The monoisotopic (exact) mass is 357 g/mol. The van der Waals surface area contributed by atoms with E-state index in [0.717, 1.165) is 12.0 Å². The second-order valence-electron chi connectivity index (χ2n) is 5.80. The molecule has 0 saturated carbocycles. The van der Waals surface area contributed by atoms with Crippen LogP contribution in [0, 0.1) is 0 Å². The van der Waals surface area contributed by atoms with Crippen molar-refractivity contribution in [2.75, 3.05) is 18.1 Å². The largest absolute Gasteiger partial charge is 0.481 e. The Bertz CT molecular complexity index is 661. The molecule has 0 aromatic heterocycles. The van der Waals surface area contributed by atoms with Gasteiger partial charge in [-0.3, -0.25) is 9.59 Å². The summed E-state index contributed by atoms with van der Waals surface area (Å²) in [6.07, 6.45) is 1.23. The Hall–Kier alpha value is -2.27. The summed E-state index contributed by atoms with van der Waals surface area (Å²) in [5, 5.41) is 11.5. The van der Waals surface area contributed by atoms with Crippen LogP contribution in [0.2, 0.25) is 0 Å². The van der Waals surface area contributed by atoms with Crippen LogP contribution in [-0.2, 0) is 16.0 Å². The number of amides is 1. The van der Waals surface area contributed by atoms with Gasteiger partial charge in [0.15, 0.2) is 0 Å². The van der Waals surface area contributed by atoms with Crippen LogP contribution in [0.25, 0.3) is 0 Å². The minimum Gasteiger partial charge on any atom is -0.481 e. The maximum absolute atomic E-state index is 12.3. The van der Waals surface area contributed by atoms with E-state index in [4.69, 9.17) is 5.11 Å². The molecule has 0 bridgehead atoms. The van der Waals surface area contributed by atoms with E-state index in [2.05, 4.69) is 29.6 Å². The number of benzene rings is 2. The Labute approximate surface area is 152 Å². The van der Waals surface area contributed by atoms with E-state index in [1.54, 1.807) is 0 Å². The first-order valence-electron chi connectivity index (χ1n) is 8.30. The van der Waals surface area contributed by atoms with Crippen LogP contribution in [0.4, 0.5) is 0 Å². The van der Waals surface area contributed by atoms with Gasteiger partial charge in [0.2, 0.25) is 5.91 Å². The second-order valence-corrected chi connectivity index (χ2v) is 6.90. The van der Waals surface area contributed by atoms with Gasteiger partial charge >= 0.3 is 5.97 Å². The summed E-state index contributed by atoms with van der Waals surface area (Å²) in [6.45, 7) is 0.490. The molecule has 132 valence electrons. The van der Waals surface area contributed by atoms with Gasteiger partial charge in [0.05, 0.1) is 5.75 Å². The fourth-order valence-electron chi connectivity index (χ4n) is 2.65. The van der Waals surface area contributed by atoms with Crippen molar-refractivity contribution in [2.45, 2.75) is 18.8 Å². The molecule has 2 rings (SSSR count). The molecule has 4 nitrogen and oxygen atoms in total. The topological polar surface area (TPSA) is 66.4 Å². The van der Waals surface area contributed by atoms with Crippen LogP contribution < -0.4 is 5.32 Å². The summed E-state index contributed by atoms with van der Waals surface area (Å²) in [5.74, 6) is -0.0391. The Balaban J connectivity index is 1.89. The van der Waals surface area contributed by atoms with Crippen LogP contribution in [0.15, 0.2) is 60.7 Å². The SMILES string of the molecule is O=C(O)CSCCNC(=O)CC(Cc1ccccc1)c1ccccc1. The summed E-state index contributed by atoms with van der Waals surface area (Å²) < 4.78 is 0. The molecule has 0 aliphatic carbocycles. The molecule has 2 aromatic rings. The molecule has 0 spiro atoms. The quantitative estimate of drug-likeness (QED) is 0.640. The van der Waals surface area contributed by atoms with Gasteiger partial charge in [0.25, 0.3) is 0 Å². The molecular weight excluding hydrogens is 334 g/mol. The normalized spacial score (nSPS) is 11.7. The third-order valence-electron chi connectivity index (χ3n) is 3.82. The molecule has 0 fully saturated rings. The molecule has 0 saturated heterocycles. The van der Waals surface area contributed by atoms with Crippen molar-refractivity contribution in [3.05, 3.63) is 71.8 Å². The fourth-order valence-corrected chi connectivity index (χ4v) is 3.22. The summed E-state index contributed by atoms with van der Waals surface area (Å²) >= 11 is 1.31. The number of hydrogen-bond acceptors (Lipinski definition) is 3. The molecule has 1 amide bonds. The van der Waals surface area contributed by atoms with E-state index >= 15 is 0 Å². The molecule has 0 heterocycles. The highest BCUT2D eigenvalue weighted by Crippen LogP contribution is 2.24. The predicted molar refractivity (Wildman–Crippen MR) is 102 cm³/mol. The van der Waals surface area contributed by atoms with E-state index in [1.807, 2.05) is 36.4 Å². The van der Waals surface area contributed by atoms with E-state index < -0.39 is 5.97 Å². The Morgan fingerprint density at radius 1 is 1.00 bits per heavy atom. The Kier molecular flexibility index (Phi) is 8.05. The maximum Gasteiger partial charge on any atom is 0.313 e. The first-order chi connectivity index (χ1) is 12.1. The first-order valence-corrected chi connectivity index (χ1v) is 9.45. The molecular formula is C20H23NO3S. The average molecular weight is 357 g/mol. The van der Waals surface area contributed by atoms with Crippen molar-refractivity contribution >= 4 is 23.6 Å². The minimum atomic E-state index is -0.830. The molecule has 25 heavy (non-hydrogen) atoms. The van der Waals surface area contributed by atoms with Gasteiger partial charge in [-0.15, -0.1) is 11.8 Å². The molecule has 1 unspecified atom stereocenters. The smallest absolute Gasteiger partial charge is 0.313 e. The summed E-state index contributed by atoms with van der Waals surface area (Å²) in [6, 6.07) is 20.3. The number of aliphatic carboxylic acids is 1. The van der Waals surface area contributed by atoms with Crippen molar-refractivity contribution in [1.29, 1.82) is 0 Å². The number of carboxylic acid groups (broad SMARTS) is 1. The Morgan fingerprint density at radius 2 is 1.64 bits per heavy atom. The summed E-state index contributed by atoms with van der Waals surface area (Å²) in [7, 11) is 0. The lowest BCUT2D eigenvalue weighted by Gasteiger charge is -2.17. The van der Waals surface area contributed by atoms with Crippen LogP contribution in [0.5, 0.6) is 0 Å². The number of rotatable bonds is 10. The van der Waals surface area contributed by atoms with Crippen molar-refractivity contribution in [2.24, 2.45) is 0 Å². The molecule has 0 radical (unpaired) electrons. The van der Waals surface area contributed by atoms with Gasteiger partial charge in [-0.25, -0.2) is 0 Å². The van der Waals surface area contributed by atoms with Crippen molar-refractivity contribution in [1.82, 2.24) is 5.32 Å². The van der Waals surface area contributed by atoms with Crippen LogP contribution in [0.1, 0.15) is 23.5 Å². The lowest BCUT2D eigenvalue weighted by Crippen LogP contribution is -2.28. The highest BCUT2D eigenvalue weighted by atomic mass is 32.2. The van der Waals surface area contributed by atoms with Crippen LogP contribution in [0.3, 0.4) is 0 Å². The number of thioether (sulfide) groups is 1. The molecule has 2 aromatic carbocycles. The molecule has 2 N–H and O–H groups in total. The van der Waals surface area contributed by atoms with Gasteiger partial charge < -0.3 is 10.4 Å². The van der Waals surface area contributed by atoms with E-state index in [9.17, 15) is 9.59 Å². The van der Waals surface area contributed by atoms with Gasteiger partial charge in [-0.1, -0.05) is 60.7 Å². The standard InChI is InChI=1S/C20H23NO3S/c22-19(21-11-12-25-15-20(23)24)14-18(17-9-5-2-6-10-17)13-16-7-3-1-4-8-16/h1-10,18H,11-15H2,(H,21,22)(H,23,24). The van der Waals surface area contributed by atoms with E-state index in [-0.39, 0.29) is 17.6 Å². The zero-order chi connectivity index (χ0) is 17.9. The van der Waals surface area contributed by atoms with Crippen molar-refractivity contribution < 1.29 is 14.7 Å². The minimum absolute atomic E-state index is 0.000657. The number of carboxylic acids is 1. The summed E-state index contributed by atoms with van der Waals surface area (Å²) in [5.41, 5.74) is 2.36. The highest BCUT2D eigenvalue weighted by molar-refractivity contribution is 7.99. The van der Waals surface area contributed by atoms with Crippen LogP contribution >= 0.6 is 11.8 Å². The number of hydrogen-bond donors (Lipinski definition) is 2. The number of nitrogens with one attached hydrogen (secondary N) is 1. The molecule has 0 aliphatic rings. The lowest BCUT2D eigenvalue weighted by molar-refractivity contribution is -0.133. The number of carbonyl (C=O) groups excluding carboxylic acids is 1. The number of carbonyl (C=O) groups is 2. The van der Waals surface area contributed by atoms with Crippen LogP contribution in [-0.4, -0.2) is 35.0 Å². The average Bonchev–Trinajstić information content (AvgIpc) is 2.62. The van der Waals surface area contributed by atoms with E-state index in [1.165, 1.54) is 17.3 Å². The predicted octanol–water partition coefficient (Wildman–Crippen LogP) is 3.34. The Morgan fingerprint density at radius 3 is 2.28 bits per heavy atom. The summed E-state index contributed by atoms with van der Waals surface area (Å²) in [4.78, 5) is 22.7. The maximum atomic E-state index is 12.3. The van der Waals surface area contributed by atoms with Gasteiger partial charge in [0, 0.05) is 18.7 Å². The molecule has 5 heteroatoms. The van der Waals surface area contributed by atoms with Gasteiger partial charge in [-0.2, -0.15) is 0 Å². The zero-order valence-electron chi connectivity index (χ0n) is 14.1. The van der Waals surface area contributed by atoms with E-state index in [0.29, 0.717) is 18.7 Å². The van der Waals surface area contributed by atoms with Crippen molar-refractivity contribution in [3.8, 4) is 0 Å². The fraction of sp³-hybridized carbons (Fsp3) is 0.300. The van der Waals surface area contributed by atoms with Gasteiger partial charge in [-0.05, 0) is 23.5 Å². The lowest BCUT2D eigenvalue weighted by atomic mass is 9.89. The first kappa shape index (κ1) is 19.1. The third-order valence-corrected chi connectivity index (χ3v) is 4.77. The highest BCUT2D eigenvalue weighted by Gasteiger charge is 2.16. The van der Waals surface area contributed by atoms with Crippen molar-refractivity contribution in [3.63, 3.8) is 0 Å². The second kappa shape index (κ2) is 10.6. The zero-order valence-corrected chi connectivity index (χ0v) is 14.9. The van der Waals surface area contributed by atoms with Gasteiger partial charge in [0.1, 0.15) is 0 Å². The third kappa shape index (κ3) is 7.44. The molecule has 0 aliphatic heterocycles. The molecule has 1 atom stereocenters.